The number of rotatable bonds is 5. The second-order valence-corrected chi connectivity index (χ2v) is 5.56. The van der Waals surface area contributed by atoms with E-state index in [4.69, 9.17) is 10.5 Å². The predicted molar refractivity (Wildman–Crippen MR) is 91.4 cm³/mol. The molecule has 1 aliphatic rings. The molecule has 0 bridgehead atoms. The number of hydrogen-bond donors (Lipinski definition) is 3. The molecule has 0 radical (unpaired) electrons. The summed E-state index contributed by atoms with van der Waals surface area (Å²) >= 11 is 0. The van der Waals surface area contributed by atoms with Gasteiger partial charge in [-0.2, -0.15) is 0 Å². The van der Waals surface area contributed by atoms with E-state index >= 15 is 0 Å². The fourth-order valence-electron chi connectivity index (χ4n) is 2.44. The molecule has 6 nitrogen and oxygen atoms in total. The van der Waals surface area contributed by atoms with Crippen molar-refractivity contribution in [3.63, 3.8) is 0 Å². The van der Waals surface area contributed by atoms with E-state index in [0.717, 1.165) is 12.8 Å². The number of carbonyl (C=O) groups excluding carboxylic acids is 2. The number of nitrogens with two attached hydrogens (primary N) is 1. The number of benzene rings is 1. The summed E-state index contributed by atoms with van der Waals surface area (Å²) in [6.45, 7) is 2.91. The standard InChI is InChI=1S/C16H23N3O3.ClH/c1-11(15(20)19-13-5-3-2-4-6-13)18-16(21)14(17)12-7-9-22-10-8-12;/h2-6,11-12,14H,7-10,17H2,1H3,(H,18,21)(H,19,20);1H. The zero-order valence-corrected chi connectivity index (χ0v) is 14.0. The predicted octanol–water partition coefficient (Wildman–Crippen LogP) is 1.31. The van der Waals surface area contributed by atoms with Crippen LogP contribution in [0.2, 0.25) is 0 Å². The molecule has 0 aromatic heterocycles. The largest absolute Gasteiger partial charge is 0.381 e. The van der Waals surface area contributed by atoms with Crippen molar-refractivity contribution in [3.8, 4) is 0 Å². The van der Waals surface area contributed by atoms with Gasteiger partial charge in [-0.15, -0.1) is 12.4 Å². The van der Waals surface area contributed by atoms with E-state index in [1.165, 1.54) is 0 Å². The van der Waals surface area contributed by atoms with Gasteiger partial charge in [0.2, 0.25) is 11.8 Å². The third-order valence-electron chi connectivity index (χ3n) is 3.87. The highest BCUT2D eigenvalue weighted by Gasteiger charge is 2.28. The first kappa shape index (κ1) is 19.4. The van der Waals surface area contributed by atoms with Crippen LogP contribution in [0.1, 0.15) is 19.8 Å². The summed E-state index contributed by atoms with van der Waals surface area (Å²) in [7, 11) is 0. The van der Waals surface area contributed by atoms with E-state index in [2.05, 4.69) is 10.6 Å². The summed E-state index contributed by atoms with van der Waals surface area (Å²) in [6.07, 6.45) is 1.55. The fourth-order valence-corrected chi connectivity index (χ4v) is 2.44. The Hall–Kier alpha value is -1.63. The molecule has 1 saturated heterocycles. The topological polar surface area (TPSA) is 93.5 Å². The number of amides is 2. The zero-order chi connectivity index (χ0) is 15.9. The lowest BCUT2D eigenvalue weighted by Gasteiger charge is -2.27. The van der Waals surface area contributed by atoms with Crippen molar-refractivity contribution >= 4 is 29.9 Å². The molecule has 0 aliphatic carbocycles. The van der Waals surface area contributed by atoms with Gasteiger partial charge in [-0.3, -0.25) is 9.59 Å². The number of hydrogen-bond acceptors (Lipinski definition) is 4. The summed E-state index contributed by atoms with van der Waals surface area (Å²) in [5.41, 5.74) is 6.69. The number of para-hydroxylation sites is 1. The van der Waals surface area contributed by atoms with Crippen molar-refractivity contribution in [1.82, 2.24) is 5.32 Å². The van der Waals surface area contributed by atoms with Crippen LogP contribution in [0.4, 0.5) is 5.69 Å². The van der Waals surface area contributed by atoms with Gasteiger partial charge in [0, 0.05) is 18.9 Å². The van der Waals surface area contributed by atoms with Crippen LogP contribution in [0.15, 0.2) is 30.3 Å². The average molecular weight is 342 g/mol. The SMILES string of the molecule is CC(NC(=O)C(N)C1CCOCC1)C(=O)Nc1ccccc1.Cl. The first-order chi connectivity index (χ1) is 10.6. The summed E-state index contributed by atoms with van der Waals surface area (Å²) in [5.74, 6) is -0.445. The lowest BCUT2D eigenvalue weighted by atomic mass is 9.91. The molecule has 1 aromatic carbocycles. The van der Waals surface area contributed by atoms with Crippen molar-refractivity contribution in [2.75, 3.05) is 18.5 Å². The maximum atomic E-state index is 12.2. The van der Waals surface area contributed by atoms with Gasteiger partial charge in [0.05, 0.1) is 6.04 Å². The molecule has 4 N–H and O–H groups in total. The Morgan fingerprint density at radius 2 is 1.78 bits per heavy atom. The number of halogens is 1. The first-order valence-electron chi connectivity index (χ1n) is 7.57. The molecule has 0 saturated carbocycles. The van der Waals surface area contributed by atoms with Crippen LogP contribution < -0.4 is 16.4 Å². The van der Waals surface area contributed by atoms with Crippen molar-refractivity contribution in [2.45, 2.75) is 31.8 Å². The molecule has 1 fully saturated rings. The Labute approximate surface area is 142 Å². The van der Waals surface area contributed by atoms with Gasteiger partial charge in [-0.1, -0.05) is 18.2 Å². The highest BCUT2D eigenvalue weighted by molar-refractivity contribution is 5.97. The number of anilines is 1. The van der Waals surface area contributed by atoms with Crippen molar-refractivity contribution < 1.29 is 14.3 Å². The average Bonchev–Trinajstić information content (AvgIpc) is 2.55. The molecule has 23 heavy (non-hydrogen) atoms. The van der Waals surface area contributed by atoms with Crippen LogP contribution in [0.3, 0.4) is 0 Å². The molecule has 128 valence electrons. The summed E-state index contributed by atoms with van der Waals surface area (Å²) in [4.78, 5) is 24.2. The van der Waals surface area contributed by atoms with E-state index < -0.39 is 12.1 Å². The summed E-state index contributed by atoms with van der Waals surface area (Å²) < 4.78 is 5.26. The van der Waals surface area contributed by atoms with E-state index in [9.17, 15) is 9.59 Å². The van der Waals surface area contributed by atoms with Gasteiger partial charge in [0.25, 0.3) is 0 Å². The lowest BCUT2D eigenvalue weighted by Crippen LogP contribution is -2.52. The van der Waals surface area contributed by atoms with Crippen LogP contribution in [0.25, 0.3) is 0 Å². The fraction of sp³-hybridized carbons (Fsp3) is 0.500. The highest BCUT2D eigenvalue weighted by atomic mass is 35.5. The van der Waals surface area contributed by atoms with Crippen LogP contribution in [-0.4, -0.2) is 37.1 Å². The molecule has 2 rings (SSSR count). The van der Waals surface area contributed by atoms with Gasteiger partial charge in [-0.05, 0) is 37.8 Å². The maximum absolute atomic E-state index is 12.2. The molecule has 1 heterocycles. The molecule has 1 aliphatic heterocycles. The van der Waals surface area contributed by atoms with E-state index in [1.54, 1.807) is 19.1 Å². The van der Waals surface area contributed by atoms with Gasteiger partial charge >= 0.3 is 0 Å². The van der Waals surface area contributed by atoms with Gasteiger partial charge in [0.15, 0.2) is 0 Å². The quantitative estimate of drug-likeness (QED) is 0.752. The van der Waals surface area contributed by atoms with Gasteiger partial charge in [0.1, 0.15) is 6.04 Å². The van der Waals surface area contributed by atoms with Crippen LogP contribution in [-0.2, 0) is 14.3 Å². The Morgan fingerprint density at radius 3 is 2.39 bits per heavy atom. The smallest absolute Gasteiger partial charge is 0.246 e. The van der Waals surface area contributed by atoms with Crippen LogP contribution in [0, 0.1) is 5.92 Å². The molecule has 0 spiro atoms. The second-order valence-electron chi connectivity index (χ2n) is 5.56. The molecule has 2 amide bonds. The maximum Gasteiger partial charge on any atom is 0.246 e. The highest BCUT2D eigenvalue weighted by Crippen LogP contribution is 2.17. The molecular weight excluding hydrogens is 318 g/mol. The van der Waals surface area contributed by atoms with Crippen molar-refractivity contribution in [3.05, 3.63) is 30.3 Å². The third-order valence-corrected chi connectivity index (χ3v) is 3.87. The van der Waals surface area contributed by atoms with Gasteiger partial charge < -0.3 is 21.1 Å². The molecular formula is C16H24ClN3O3. The molecule has 1 aromatic rings. The number of carbonyl (C=O) groups is 2. The Bertz CT molecular complexity index is 507. The molecule has 2 unspecified atom stereocenters. The third kappa shape index (κ3) is 5.82. The zero-order valence-electron chi connectivity index (χ0n) is 13.2. The molecule has 2 atom stereocenters. The first-order valence-corrected chi connectivity index (χ1v) is 7.57. The minimum absolute atomic E-state index is 0. The second kappa shape index (κ2) is 9.50. The number of ether oxygens (including phenoxy) is 1. The van der Waals surface area contributed by atoms with Gasteiger partial charge in [-0.25, -0.2) is 0 Å². The normalized spacial score (nSPS) is 17.5. The van der Waals surface area contributed by atoms with E-state index in [1.807, 2.05) is 18.2 Å². The summed E-state index contributed by atoms with van der Waals surface area (Å²) in [6, 6.07) is 7.88. The monoisotopic (exact) mass is 341 g/mol. The van der Waals surface area contributed by atoms with Crippen LogP contribution in [0.5, 0.6) is 0 Å². The minimum Gasteiger partial charge on any atom is -0.381 e. The lowest BCUT2D eigenvalue weighted by molar-refractivity contribution is -0.128. The van der Waals surface area contributed by atoms with Crippen LogP contribution >= 0.6 is 12.4 Å². The van der Waals surface area contributed by atoms with E-state index in [0.29, 0.717) is 18.9 Å². The molecule has 7 heteroatoms. The summed E-state index contributed by atoms with van der Waals surface area (Å²) in [5, 5.41) is 5.43. The van der Waals surface area contributed by atoms with E-state index in [-0.39, 0.29) is 30.1 Å². The Balaban J connectivity index is 0.00000264. The van der Waals surface area contributed by atoms with Crippen molar-refractivity contribution in [1.29, 1.82) is 0 Å². The van der Waals surface area contributed by atoms with Crippen molar-refractivity contribution in [2.24, 2.45) is 11.7 Å². The Kier molecular flexibility index (Phi) is 8.02. The minimum atomic E-state index is -0.640. The number of nitrogens with one attached hydrogen (secondary N) is 2. The Morgan fingerprint density at radius 1 is 1.17 bits per heavy atom.